The molecule has 1 unspecified atom stereocenters. The number of amides is 1. The third-order valence-electron chi connectivity index (χ3n) is 6.80. The Hall–Kier alpha value is -3.24. The zero-order valence-corrected chi connectivity index (χ0v) is 20.6. The summed E-state index contributed by atoms with van der Waals surface area (Å²) < 4.78 is 5.75. The van der Waals surface area contributed by atoms with Crippen LogP contribution in [0.4, 0.5) is 0 Å². The van der Waals surface area contributed by atoms with Gasteiger partial charge >= 0.3 is 0 Å². The second kappa shape index (κ2) is 8.84. The van der Waals surface area contributed by atoms with E-state index in [1.165, 1.54) is 22.5 Å². The van der Waals surface area contributed by atoms with E-state index in [4.69, 9.17) is 4.74 Å². The molecule has 1 spiro atoms. The Morgan fingerprint density at radius 2 is 2.06 bits per heavy atom. The fourth-order valence-corrected chi connectivity index (χ4v) is 6.23. The molecule has 5 rings (SSSR count). The summed E-state index contributed by atoms with van der Waals surface area (Å²) >= 11 is 1.53. The molecule has 1 aliphatic carbocycles. The summed E-state index contributed by atoms with van der Waals surface area (Å²) in [4.78, 5) is 14.7. The van der Waals surface area contributed by atoms with Gasteiger partial charge in [0.2, 0.25) is 5.91 Å². The first-order chi connectivity index (χ1) is 16.4. The van der Waals surface area contributed by atoms with Crippen molar-refractivity contribution >= 4 is 17.2 Å². The summed E-state index contributed by atoms with van der Waals surface area (Å²) in [5.41, 5.74) is 4.99. The number of fused-ring (bicyclic) bond motifs is 2. The maximum Gasteiger partial charge on any atom is 0.223 e. The minimum Gasteiger partial charge on any atom is -0.490 e. The molecule has 1 aromatic heterocycles. The molecule has 1 amide bonds. The van der Waals surface area contributed by atoms with Gasteiger partial charge in [0.1, 0.15) is 21.8 Å². The van der Waals surface area contributed by atoms with E-state index in [2.05, 4.69) is 41.4 Å². The number of carbonyl (C=O) groups is 1. The van der Waals surface area contributed by atoms with Crippen molar-refractivity contribution in [2.75, 3.05) is 13.1 Å². The molecular weight excluding hydrogens is 444 g/mol. The molecule has 0 radical (unpaired) electrons. The fraction of sp³-hybridized carbons (Fsp3) is 0.407. The average Bonchev–Trinajstić information content (AvgIpc) is 3.52. The number of rotatable bonds is 6. The molecule has 174 valence electrons. The van der Waals surface area contributed by atoms with Crippen LogP contribution in [0.5, 0.6) is 5.75 Å². The van der Waals surface area contributed by atoms with E-state index >= 15 is 0 Å². The maximum atomic E-state index is 12.7. The highest BCUT2D eigenvalue weighted by atomic mass is 32.1. The molecule has 3 aromatic rings. The van der Waals surface area contributed by atoms with Gasteiger partial charge in [-0.3, -0.25) is 4.79 Å². The molecule has 2 heterocycles. The SMILES string of the molecule is CCCN1CC2(CCc3c(-c4nnc(-c5ccc(OC(C)C)c(C#N)c5)s4)cccc32)CC1=O. The quantitative estimate of drug-likeness (QED) is 0.483. The lowest BCUT2D eigenvalue weighted by molar-refractivity contribution is -0.127. The molecule has 2 aliphatic rings. The van der Waals surface area contributed by atoms with Crippen LogP contribution in [0.1, 0.15) is 56.7 Å². The number of carbonyl (C=O) groups excluding carboxylic acids is 1. The van der Waals surface area contributed by atoms with Gasteiger partial charge in [-0.2, -0.15) is 5.26 Å². The molecule has 6 nitrogen and oxygen atoms in total. The van der Waals surface area contributed by atoms with Crippen molar-refractivity contribution in [2.24, 2.45) is 0 Å². The minimum atomic E-state index is -0.0704. The molecule has 1 atom stereocenters. The van der Waals surface area contributed by atoms with E-state index in [9.17, 15) is 10.1 Å². The van der Waals surface area contributed by atoms with Gasteiger partial charge in [-0.25, -0.2) is 0 Å². The first kappa shape index (κ1) is 22.5. The van der Waals surface area contributed by atoms with Crippen LogP contribution in [0.15, 0.2) is 36.4 Å². The lowest BCUT2D eigenvalue weighted by atomic mass is 9.80. The van der Waals surface area contributed by atoms with Crippen LogP contribution >= 0.6 is 11.3 Å². The molecule has 1 fully saturated rings. The molecule has 0 N–H and O–H groups in total. The Balaban J connectivity index is 1.46. The van der Waals surface area contributed by atoms with Crippen LogP contribution in [0, 0.1) is 11.3 Å². The lowest BCUT2D eigenvalue weighted by Crippen LogP contribution is -2.30. The number of aromatic nitrogens is 2. The summed E-state index contributed by atoms with van der Waals surface area (Å²) in [6.07, 6.45) is 3.54. The molecular formula is C27H28N4O2S. The van der Waals surface area contributed by atoms with Crippen LogP contribution in [-0.4, -0.2) is 40.2 Å². The van der Waals surface area contributed by atoms with Gasteiger partial charge in [0, 0.05) is 36.1 Å². The lowest BCUT2D eigenvalue weighted by Gasteiger charge is -2.25. The van der Waals surface area contributed by atoms with Crippen molar-refractivity contribution in [3.63, 3.8) is 0 Å². The Morgan fingerprint density at radius 3 is 2.82 bits per heavy atom. The van der Waals surface area contributed by atoms with Gasteiger partial charge in [-0.05, 0) is 62.4 Å². The average molecular weight is 473 g/mol. The Bertz CT molecular complexity index is 1290. The summed E-state index contributed by atoms with van der Waals surface area (Å²) in [6, 6.07) is 14.2. The number of likely N-dealkylation sites (tertiary alicyclic amines) is 1. The summed E-state index contributed by atoms with van der Waals surface area (Å²) in [6.45, 7) is 7.66. The van der Waals surface area contributed by atoms with Gasteiger partial charge < -0.3 is 9.64 Å². The minimum absolute atomic E-state index is 0.00114. The molecule has 34 heavy (non-hydrogen) atoms. The first-order valence-corrected chi connectivity index (χ1v) is 12.7. The zero-order valence-electron chi connectivity index (χ0n) is 19.8. The smallest absolute Gasteiger partial charge is 0.223 e. The van der Waals surface area contributed by atoms with Crippen LogP contribution in [0.25, 0.3) is 21.1 Å². The molecule has 1 aliphatic heterocycles. The predicted octanol–water partition coefficient (Wildman–Crippen LogP) is 5.36. The van der Waals surface area contributed by atoms with Crippen molar-refractivity contribution in [2.45, 2.75) is 58.0 Å². The number of nitrogens with zero attached hydrogens (tertiary/aromatic N) is 4. The fourth-order valence-electron chi connectivity index (χ4n) is 5.34. The highest BCUT2D eigenvalue weighted by Gasteiger charge is 2.48. The largest absolute Gasteiger partial charge is 0.490 e. The maximum absolute atomic E-state index is 12.7. The first-order valence-electron chi connectivity index (χ1n) is 11.9. The highest BCUT2D eigenvalue weighted by molar-refractivity contribution is 7.17. The van der Waals surface area contributed by atoms with E-state index in [0.29, 0.717) is 17.7 Å². The van der Waals surface area contributed by atoms with Gasteiger partial charge in [-0.15, -0.1) is 10.2 Å². The molecule has 0 bridgehead atoms. The van der Waals surface area contributed by atoms with Crippen molar-refractivity contribution in [3.05, 3.63) is 53.1 Å². The van der Waals surface area contributed by atoms with E-state index in [-0.39, 0.29) is 17.4 Å². The van der Waals surface area contributed by atoms with Crippen molar-refractivity contribution in [1.29, 1.82) is 5.26 Å². The van der Waals surface area contributed by atoms with E-state index in [1.807, 2.05) is 36.9 Å². The molecule has 2 aromatic carbocycles. The second-order valence-electron chi connectivity index (χ2n) is 9.51. The van der Waals surface area contributed by atoms with Gasteiger partial charge in [-0.1, -0.05) is 36.5 Å². The van der Waals surface area contributed by atoms with Gasteiger partial charge in [0.05, 0.1) is 11.7 Å². The van der Waals surface area contributed by atoms with E-state index < -0.39 is 0 Å². The molecule has 0 saturated carbocycles. The second-order valence-corrected chi connectivity index (χ2v) is 10.5. The Morgan fingerprint density at radius 1 is 1.24 bits per heavy atom. The number of hydrogen-bond donors (Lipinski definition) is 0. The highest BCUT2D eigenvalue weighted by Crippen LogP contribution is 2.49. The molecule has 7 heteroatoms. The van der Waals surface area contributed by atoms with Gasteiger partial charge in [0.15, 0.2) is 0 Å². The Labute approximate surface area is 204 Å². The van der Waals surface area contributed by atoms with E-state index in [0.717, 1.165) is 53.5 Å². The summed E-state index contributed by atoms with van der Waals surface area (Å²) in [5.74, 6) is 0.858. The van der Waals surface area contributed by atoms with Crippen molar-refractivity contribution < 1.29 is 9.53 Å². The Kier molecular flexibility index (Phi) is 5.86. The standard InChI is InChI=1S/C27H28N4O2S/c1-4-12-31-16-27(14-24(31)32)11-10-20-21(6-5-7-22(20)27)26-30-29-25(34-26)18-8-9-23(33-17(2)3)19(13-18)15-28/h5-9,13,17H,4,10-12,14,16H2,1-3H3. The number of benzene rings is 2. The summed E-state index contributed by atoms with van der Waals surface area (Å²) in [5, 5.41) is 20.2. The normalized spacial score (nSPS) is 19.1. The zero-order chi connectivity index (χ0) is 23.9. The third-order valence-corrected chi connectivity index (χ3v) is 7.80. The topological polar surface area (TPSA) is 79.1 Å². The van der Waals surface area contributed by atoms with E-state index in [1.54, 1.807) is 0 Å². The van der Waals surface area contributed by atoms with Crippen LogP contribution in [0.3, 0.4) is 0 Å². The molecule has 1 saturated heterocycles. The van der Waals surface area contributed by atoms with Crippen molar-refractivity contribution in [3.8, 4) is 33.0 Å². The monoisotopic (exact) mass is 472 g/mol. The number of nitriles is 1. The van der Waals surface area contributed by atoms with Crippen LogP contribution in [-0.2, 0) is 16.6 Å². The third kappa shape index (κ3) is 3.86. The van der Waals surface area contributed by atoms with Crippen molar-refractivity contribution in [1.82, 2.24) is 15.1 Å². The number of hydrogen-bond acceptors (Lipinski definition) is 6. The number of ether oxygens (including phenoxy) is 1. The van der Waals surface area contributed by atoms with Gasteiger partial charge in [0.25, 0.3) is 0 Å². The van der Waals surface area contributed by atoms with Crippen LogP contribution in [0.2, 0.25) is 0 Å². The van der Waals surface area contributed by atoms with Crippen LogP contribution < -0.4 is 4.74 Å². The predicted molar refractivity (Wildman–Crippen MR) is 133 cm³/mol. The summed E-state index contributed by atoms with van der Waals surface area (Å²) in [7, 11) is 0.